The number of aryl methyl sites for hydroxylation is 2. The number of rotatable bonds is 4. The van der Waals surface area contributed by atoms with Crippen molar-refractivity contribution in [2.24, 2.45) is 0 Å². The smallest absolute Gasteiger partial charge is 0.261 e. The number of sulfonamides is 1. The summed E-state index contributed by atoms with van der Waals surface area (Å²) in [6, 6.07) is 11.9. The molecule has 0 aliphatic heterocycles. The van der Waals surface area contributed by atoms with Crippen molar-refractivity contribution >= 4 is 21.4 Å². The molecule has 0 aromatic heterocycles. The third kappa shape index (κ3) is 3.11. The highest BCUT2D eigenvalue weighted by atomic mass is 32.2. The summed E-state index contributed by atoms with van der Waals surface area (Å²) in [5.41, 5.74) is 8.81. The van der Waals surface area contributed by atoms with E-state index >= 15 is 0 Å². The molecule has 2 rings (SSSR count). The normalized spacial score (nSPS) is 11.3. The zero-order valence-electron chi connectivity index (χ0n) is 11.6. The van der Waals surface area contributed by atoms with Gasteiger partial charge in [0, 0.05) is 5.69 Å². The molecular formula is C15H18N2O2S. The molecule has 0 radical (unpaired) electrons. The second kappa shape index (κ2) is 5.54. The average molecular weight is 290 g/mol. The number of benzene rings is 2. The van der Waals surface area contributed by atoms with E-state index in [-0.39, 0.29) is 4.90 Å². The van der Waals surface area contributed by atoms with Crippen LogP contribution < -0.4 is 10.5 Å². The molecule has 0 amide bonds. The minimum atomic E-state index is -3.57. The zero-order valence-corrected chi connectivity index (χ0v) is 12.4. The van der Waals surface area contributed by atoms with Crippen LogP contribution in [0.4, 0.5) is 11.4 Å². The summed E-state index contributed by atoms with van der Waals surface area (Å²) in [5.74, 6) is 0. The quantitative estimate of drug-likeness (QED) is 0.850. The predicted molar refractivity (Wildman–Crippen MR) is 82.2 cm³/mol. The minimum absolute atomic E-state index is 0.252. The Kier molecular flexibility index (Phi) is 3.99. The fraction of sp³-hybridized carbons (Fsp3) is 0.200. The molecular weight excluding hydrogens is 272 g/mol. The summed E-state index contributed by atoms with van der Waals surface area (Å²) >= 11 is 0. The van der Waals surface area contributed by atoms with Gasteiger partial charge in [0.1, 0.15) is 0 Å². The molecule has 106 valence electrons. The summed E-state index contributed by atoms with van der Waals surface area (Å²) in [6.07, 6.45) is 0.705. The third-order valence-corrected chi connectivity index (χ3v) is 4.47. The van der Waals surface area contributed by atoms with Gasteiger partial charge in [0.2, 0.25) is 0 Å². The second-order valence-electron chi connectivity index (χ2n) is 4.69. The lowest BCUT2D eigenvalue weighted by Gasteiger charge is -2.12. The number of hydrogen-bond acceptors (Lipinski definition) is 3. The lowest BCUT2D eigenvalue weighted by molar-refractivity contribution is 0.601. The highest BCUT2D eigenvalue weighted by Gasteiger charge is 2.15. The fourth-order valence-corrected chi connectivity index (χ4v) is 3.03. The monoisotopic (exact) mass is 290 g/mol. The highest BCUT2D eigenvalue weighted by molar-refractivity contribution is 7.92. The van der Waals surface area contributed by atoms with E-state index in [1.54, 1.807) is 42.5 Å². The first-order chi connectivity index (χ1) is 9.42. The van der Waals surface area contributed by atoms with Gasteiger partial charge in [-0.1, -0.05) is 24.6 Å². The maximum Gasteiger partial charge on any atom is 0.261 e. The number of anilines is 2. The van der Waals surface area contributed by atoms with Crippen LogP contribution in [-0.4, -0.2) is 8.42 Å². The predicted octanol–water partition coefficient (Wildman–Crippen LogP) is 2.94. The van der Waals surface area contributed by atoms with Crippen LogP contribution in [-0.2, 0) is 16.4 Å². The van der Waals surface area contributed by atoms with Gasteiger partial charge in [0.25, 0.3) is 10.0 Å². The molecule has 2 aromatic rings. The van der Waals surface area contributed by atoms with Crippen LogP contribution >= 0.6 is 0 Å². The molecule has 0 saturated heterocycles. The van der Waals surface area contributed by atoms with Gasteiger partial charge in [0.05, 0.1) is 10.6 Å². The number of nitrogen functional groups attached to an aromatic ring is 1. The van der Waals surface area contributed by atoms with Crippen LogP contribution in [0.5, 0.6) is 0 Å². The Morgan fingerprint density at radius 1 is 1.10 bits per heavy atom. The molecule has 2 aromatic carbocycles. The van der Waals surface area contributed by atoms with Crippen LogP contribution in [0.3, 0.4) is 0 Å². The third-order valence-electron chi connectivity index (χ3n) is 3.09. The van der Waals surface area contributed by atoms with E-state index in [9.17, 15) is 8.42 Å². The molecule has 0 atom stereocenters. The molecule has 20 heavy (non-hydrogen) atoms. The maximum absolute atomic E-state index is 12.3. The average Bonchev–Trinajstić information content (AvgIpc) is 2.41. The van der Waals surface area contributed by atoms with Crippen LogP contribution in [0.2, 0.25) is 0 Å². The standard InChI is InChI=1S/C15H18N2O2S/c1-3-12-10-13(16)6-9-15(12)17-20(18,19)14-7-4-11(2)5-8-14/h4-10,17H,3,16H2,1-2H3. The van der Waals surface area contributed by atoms with Gasteiger partial charge in [-0.15, -0.1) is 0 Å². The largest absolute Gasteiger partial charge is 0.399 e. The lowest BCUT2D eigenvalue weighted by Crippen LogP contribution is -2.14. The van der Waals surface area contributed by atoms with E-state index in [2.05, 4.69) is 4.72 Å². The van der Waals surface area contributed by atoms with Crippen molar-refractivity contribution < 1.29 is 8.42 Å². The fourth-order valence-electron chi connectivity index (χ4n) is 1.93. The Morgan fingerprint density at radius 3 is 2.35 bits per heavy atom. The summed E-state index contributed by atoms with van der Waals surface area (Å²) in [5, 5.41) is 0. The maximum atomic E-state index is 12.3. The van der Waals surface area contributed by atoms with Crippen LogP contribution in [0.1, 0.15) is 18.1 Å². The summed E-state index contributed by atoms with van der Waals surface area (Å²) in [6.45, 7) is 3.87. The van der Waals surface area contributed by atoms with Gasteiger partial charge in [-0.3, -0.25) is 4.72 Å². The molecule has 0 heterocycles. The molecule has 0 fully saturated rings. The first-order valence-corrected chi connectivity index (χ1v) is 7.88. The topological polar surface area (TPSA) is 72.2 Å². The Labute approximate surface area is 119 Å². The Balaban J connectivity index is 2.35. The molecule has 0 aliphatic rings. The minimum Gasteiger partial charge on any atom is -0.399 e. The molecule has 3 N–H and O–H groups in total. The molecule has 0 saturated carbocycles. The molecule has 4 nitrogen and oxygen atoms in total. The van der Waals surface area contributed by atoms with E-state index in [4.69, 9.17) is 5.73 Å². The number of nitrogens with two attached hydrogens (primary N) is 1. The van der Waals surface area contributed by atoms with Gasteiger partial charge in [0.15, 0.2) is 0 Å². The van der Waals surface area contributed by atoms with Gasteiger partial charge in [-0.2, -0.15) is 0 Å². The van der Waals surface area contributed by atoms with E-state index in [1.807, 2.05) is 13.8 Å². The lowest BCUT2D eigenvalue weighted by atomic mass is 10.1. The van der Waals surface area contributed by atoms with Crippen LogP contribution in [0.25, 0.3) is 0 Å². The van der Waals surface area contributed by atoms with Gasteiger partial charge < -0.3 is 5.73 Å². The van der Waals surface area contributed by atoms with E-state index in [1.165, 1.54) is 0 Å². The number of hydrogen-bond donors (Lipinski definition) is 2. The molecule has 5 heteroatoms. The van der Waals surface area contributed by atoms with Crippen molar-refractivity contribution in [3.63, 3.8) is 0 Å². The Hall–Kier alpha value is -2.01. The molecule has 0 spiro atoms. The van der Waals surface area contributed by atoms with Crippen molar-refractivity contribution in [1.29, 1.82) is 0 Å². The van der Waals surface area contributed by atoms with Crippen molar-refractivity contribution in [2.45, 2.75) is 25.2 Å². The van der Waals surface area contributed by atoms with Crippen molar-refractivity contribution in [1.82, 2.24) is 0 Å². The second-order valence-corrected chi connectivity index (χ2v) is 6.37. The first kappa shape index (κ1) is 14.4. The SMILES string of the molecule is CCc1cc(N)ccc1NS(=O)(=O)c1ccc(C)cc1. The molecule has 0 bridgehead atoms. The highest BCUT2D eigenvalue weighted by Crippen LogP contribution is 2.23. The van der Waals surface area contributed by atoms with E-state index in [0.717, 1.165) is 11.1 Å². The van der Waals surface area contributed by atoms with Crippen LogP contribution in [0, 0.1) is 6.92 Å². The molecule has 0 aliphatic carbocycles. The van der Waals surface area contributed by atoms with Gasteiger partial charge in [-0.25, -0.2) is 8.42 Å². The van der Waals surface area contributed by atoms with E-state index in [0.29, 0.717) is 17.8 Å². The van der Waals surface area contributed by atoms with Crippen LogP contribution in [0.15, 0.2) is 47.4 Å². The van der Waals surface area contributed by atoms with Crippen molar-refractivity contribution in [2.75, 3.05) is 10.5 Å². The summed E-state index contributed by atoms with van der Waals surface area (Å²) < 4.78 is 27.3. The summed E-state index contributed by atoms with van der Waals surface area (Å²) in [7, 11) is -3.57. The van der Waals surface area contributed by atoms with Gasteiger partial charge in [-0.05, 0) is 49.2 Å². The number of nitrogens with one attached hydrogen (secondary N) is 1. The van der Waals surface area contributed by atoms with Crippen molar-refractivity contribution in [3.05, 3.63) is 53.6 Å². The zero-order chi connectivity index (χ0) is 14.8. The van der Waals surface area contributed by atoms with Gasteiger partial charge >= 0.3 is 0 Å². The Morgan fingerprint density at radius 2 is 1.75 bits per heavy atom. The summed E-state index contributed by atoms with van der Waals surface area (Å²) in [4.78, 5) is 0.252. The first-order valence-electron chi connectivity index (χ1n) is 6.40. The Bertz CT molecular complexity index is 707. The van der Waals surface area contributed by atoms with Crippen molar-refractivity contribution in [3.8, 4) is 0 Å². The van der Waals surface area contributed by atoms with E-state index < -0.39 is 10.0 Å². The molecule has 0 unspecified atom stereocenters.